The van der Waals surface area contributed by atoms with Gasteiger partial charge in [-0.1, -0.05) is 47.1 Å². The van der Waals surface area contributed by atoms with Crippen molar-refractivity contribution >= 4 is 21.6 Å². The van der Waals surface area contributed by atoms with E-state index >= 15 is 0 Å². The van der Waals surface area contributed by atoms with Crippen molar-refractivity contribution in [1.29, 1.82) is 0 Å². The van der Waals surface area contributed by atoms with Crippen LogP contribution in [0.2, 0.25) is 0 Å². The smallest absolute Gasteiger partial charge is 0.213 e. The Balaban J connectivity index is 1.97. The molecule has 0 unspecified atom stereocenters. The van der Waals surface area contributed by atoms with Crippen LogP contribution in [0.1, 0.15) is 31.5 Å². The first-order valence-electron chi connectivity index (χ1n) is 9.53. The van der Waals surface area contributed by atoms with Gasteiger partial charge in [-0.2, -0.15) is 0 Å². The third-order valence-electron chi connectivity index (χ3n) is 5.24. The van der Waals surface area contributed by atoms with Crippen LogP contribution < -0.4 is 4.74 Å². The lowest BCUT2D eigenvalue weighted by atomic mass is 9.76. The first kappa shape index (κ1) is 19.7. The fourth-order valence-corrected chi connectivity index (χ4v) is 4.25. The third kappa shape index (κ3) is 3.81. The zero-order chi connectivity index (χ0) is 20.6. The fraction of sp³-hybridized carbons (Fsp3) is 0.304. The number of ether oxygens (including phenoxy) is 1. The maximum Gasteiger partial charge on any atom is 0.213 e. The van der Waals surface area contributed by atoms with Gasteiger partial charge in [0.1, 0.15) is 7.11 Å². The summed E-state index contributed by atoms with van der Waals surface area (Å²) in [6.07, 6.45) is 3.67. The molecule has 1 aliphatic carbocycles. The van der Waals surface area contributed by atoms with Crippen LogP contribution in [-0.2, 0) is 11.3 Å². The van der Waals surface area contributed by atoms with Crippen molar-refractivity contribution in [1.82, 2.24) is 9.55 Å². The third-order valence-corrected chi connectivity index (χ3v) is 5.76. The molecular formula is C23H24BrN3O2. The number of methoxy groups -OCH3 is 1. The quantitative estimate of drug-likeness (QED) is 0.480. The second-order valence-electron chi connectivity index (χ2n) is 8.03. The van der Waals surface area contributed by atoms with E-state index in [2.05, 4.69) is 74.8 Å². The number of halogens is 1. The van der Waals surface area contributed by atoms with Gasteiger partial charge in [0.15, 0.2) is 0 Å². The van der Waals surface area contributed by atoms with Gasteiger partial charge in [-0.3, -0.25) is 0 Å². The van der Waals surface area contributed by atoms with Gasteiger partial charge in [0.2, 0.25) is 5.88 Å². The molecule has 3 aromatic rings. The molecule has 0 aliphatic heterocycles. The number of pyridine rings is 1. The summed E-state index contributed by atoms with van der Waals surface area (Å²) in [5, 5.41) is 4.36. The first-order valence-corrected chi connectivity index (χ1v) is 10.3. The second kappa shape index (κ2) is 7.67. The highest BCUT2D eigenvalue weighted by Crippen LogP contribution is 2.40. The normalized spacial score (nSPS) is 16.5. The van der Waals surface area contributed by atoms with Crippen molar-refractivity contribution in [3.05, 3.63) is 64.4 Å². The minimum Gasteiger partial charge on any atom is -0.481 e. The maximum absolute atomic E-state index is 5.25. The SMILES string of the molecule is CO/N=C1\CC(C)(C)Cc2c1cc(-c1ccc(Br)cc1)n2-c1ccc(OC)nc1. The van der Waals surface area contributed by atoms with Crippen LogP contribution in [-0.4, -0.2) is 29.5 Å². The highest BCUT2D eigenvalue weighted by Gasteiger charge is 2.34. The topological polar surface area (TPSA) is 48.6 Å². The standard InChI is InChI=1S/C23H24BrN3O2/c1-23(2)12-19(26-29-4)18-11-20(15-5-7-16(24)8-6-15)27(21(18)13-23)17-9-10-22(28-3)25-14-17/h5-11,14H,12-13H2,1-4H3/b26-19+. The summed E-state index contributed by atoms with van der Waals surface area (Å²) in [4.78, 5) is 9.62. The zero-order valence-corrected chi connectivity index (χ0v) is 18.7. The highest BCUT2D eigenvalue weighted by atomic mass is 79.9. The van der Waals surface area contributed by atoms with Crippen molar-refractivity contribution < 1.29 is 9.57 Å². The largest absolute Gasteiger partial charge is 0.481 e. The zero-order valence-electron chi connectivity index (χ0n) is 17.1. The van der Waals surface area contributed by atoms with Crippen molar-refractivity contribution in [3.63, 3.8) is 0 Å². The maximum atomic E-state index is 5.25. The van der Waals surface area contributed by atoms with E-state index in [0.29, 0.717) is 5.88 Å². The Labute approximate surface area is 179 Å². The van der Waals surface area contributed by atoms with Crippen LogP contribution >= 0.6 is 15.9 Å². The molecule has 5 nitrogen and oxygen atoms in total. The van der Waals surface area contributed by atoms with Crippen LogP contribution in [0.5, 0.6) is 5.88 Å². The number of fused-ring (bicyclic) bond motifs is 1. The predicted octanol–water partition coefficient (Wildman–Crippen LogP) is 5.63. The number of oxime groups is 1. The van der Waals surface area contributed by atoms with Gasteiger partial charge in [-0.25, -0.2) is 4.98 Å². The molecule has 0 atom stereocenters. The Hall–Kier alpha value is -2.60. The van der Waals surface area contributed by atoms with Gasteiger partial charge < -0.3 is 14.1 Å². The molecule has 0 bridgehead atoms. The van der Waals surface area contributed by atoms with Crippen LogP contribution in [0.15, 0.2) is 58.3 Å². The number of aromatic nitrogens is 2. The number of hydrogen-bond acceptors (Lipinski definition) is 4. The summed E-state index contributed by atoms with van der Waals surface area (Å²) >= 11 is 3.53. The lowest BCUT2D eigenvalue weighted by molar-refractivity contribution is 0.210. The lowest BCUT2D eigenvalue weighted by Gasteiger charge is -2.31. The molecule has 0 spiro atoms. The monoisotopic (exact) mass is 453 g/mol. The van der Waals surface area contributed by atoms with Gasteiger partial charge in [0.25, 0.3) is 0 Å². The molecule has 1 aromatic carbocycles. The molecule has 150 valence electrons. The van der Waals surface area contributed by atoms with E-state index in [0.717, 1.165) is 45.5 Å². The molecule has 29 heavy (non-hydrogen) atoms. The number of hydrogen-bond donors (Lipinski definition) is 0. The summed E-state index contributed by atoms with van der Waals surface area (Å²) < 4.78 is 8.59. The molecule has 6 heteroatoms. The van der Waals surface area contributed by atoms with E-state index in [9.17, 15) is 0 Å². The molecule has 0 fully saturated rings. The summed E-state index contributed by atoms with van der Waals surface area (Å²) in [6, 6.07) is 14.5. The van der Waals surface area contributed by atoms with Gasteiger partial charge in [-0.15, -0.1) is 0 Å². The van der Waals surface area contributed by atoms with Crippen LogP contribution in [0.4, 0.5) is 0 Å². The Morgan fingerprint density at radius 3 is 2.45 bits per heavy atom. The number of benzene rings is 1. The predicted molar refractivity (Wildman–Crippen MR) is 119 cm³/mol. The summed E-state index contributed by atoms with van der Waals surface area (Å²) in [5.41, 5.74) is 6.67. The summed E-state index contributed by atoms with van der Waals surface area (Å²) in [5.74, 6) is 0.599. The Morgan fingerprint density at radius 2 is 1.83 bits per heavy atom. The second-order valence-corrected chi connectivity index (χ2v) is 8.95. The molecule has 0 saturated heterocycles. The summed E-state index contributed by atoms with van der Waals surface area (Å²) in [6.45, 7) is 4.54. The lowest BCUT2D eigenvalue weighted by Crippen LogP contribution is -2.28. The van der Waals surface area contributed by atoms with Gasteiger partial charge in [0, 0.05) is 21.8 Å². The van der Waals surface area contributed by atoms with Crippen molar-refractivity contribution in [2.75, 3.05) is 14.2 Å². The molecule has 0 radical (unpaired) electrons. The van der Waals surface area contributed by atoms with Crippen molar-refractivity contribution in [2.45, 2.75) is 26.7 Å². The minimum atomic E-state index is 0.0807. The molecule has 0 saturated carbocycles. The van der Waals surface area contributed by atoms with Gasteiger partial charge in [0.05, 0.1) is 30.4 Å². The van der Waals surface area contributed by atoms with Crippen LogP contribution in [0.25, 0.3) is 16.9 Å². The Bertz CT molecular complexity index is 1050. The summed E-state index contributed by atoms with van der Waals surface area (Å²) in [7, 11) is 3.23. The molecule has 4 rings (SSSR count). The molecule has 2 heterocycles. The molecular weight excluding hydrogens is 430 g/mol. The van der Waals surface area contributed by atoms with E-state index in [1.807, 2.05) is 18.3 Å². The molecule has 1 aliphatic rings. The minimum absolute atomic E-state index is 0.0807. The Morgan fingerprint density at radius 1 is 1.07 bits per heavy atom. The van der Waals surface area contributed by atoms with Crippen LogP contribution in [0, 0.1) is 5.41 Å². The van der Waals surface area contributed by atoms with E-state index < -0.39 is 0 Å². The number of rotatable bonds is 4. The Kier molecular flexibility index (Phi) is 5.21. The van der Waals surface area contributed by atoms with E-state index in [4.69, 9.17) is 9.57 Å². The van der Waals surface area contributed by atoms with E-state index in [-0.39, 0.29) is 5.41 Å². The number of nitrogens with zero attached hydrogens (tertiary/aromatic N) is 3. The van der Waals surface area contributed by atoms with Gasteiger partial charge in [-0.05, 0) is 48.1 Å². The van der Waals surface area contributed by atoms with E-state index in [1.54, 1.807) is 14.2 Å². The van der Waals surface area contributed by atoms with E-state index in [1.165, 1.54) is 5.69 Å². The fourth-order valence-electron chi connectivity index (χ4n) is 3.98. The van der Waals surface area contributed by atoms with Crippen molar-refractivity contribution in [2.24, 2.45) is 10.6 Å². The average Bonchev–Trinajstić information content (AvgIpc) is 3.07. The molecule has 2 aromatic heterocycles. The highest BCUT2D eigenvalue weighted by molar-refractivity contribution is 9.10. The first-order chi connectivity index (χ1) is 13.9. The van der Waals surface area contributed by atoms with Crippen molar-refractivity contribution in [3.8, 4) is 22.8 Å². The molecule has 0 N–H and O–H groups in total. The van der Waals surface area contributed by atoms with Crippen LogP contribution in [0.3, 0.4) is 0 Å². The molecule has 0 amide bonds. The average molecular weight is 454 g/mol. The van der Waals surface area contributed by atoms with Gasteiger partial charge >= 0.3 is 0 Å².